The molecule has 1 aromatic heterocycles. The number of alkyl halides is 2. The first-order valence-corrected chi connectivity index (χ1v) is 6.51. The fourth-order valence-electron chi connectivity index (χ4n) is 2.64. The highest BCUT2D eigenvalue weighted by atomic mass is 19.3. The van der Waals surface area contributed by atoms with Crippen molar-refractivity contribution in [3.8, 4) is 0 Å². The van der Waals surface area contributed by atoms with Crippen LogP contribution in [0.4, 0.5) is 8.78 Å². The van der Waals surface area contributed by atoms with Crippen LogP contribution in [0, 0.1) is 12.8 Å². The highest BCUT2D eigenvalue weighted by molar-refractivity contribution is 5.73. The SMILES string of the molecule is Cc1nc2ccc(C(F)(F)CC3CCNC3)cc2o1. The Hall–Kier alpha value is -1.49. The first-order valence-electron chi connectivity index (χ1n) is 6.51. The van der Waals surface area contributed by atoms with Gasteiger partial charge in [-0.25, -0.2) is 13.8 Å². The third kappa shape index (κ3) is 2.47. The largest absolute Gasteiger partial charge is 0.441 e. The van der Waals surface area contributed by atoms with E-state index in [-0.39, 0.29) is 17.9 Å². The van der Waals surface area contributed by atoms with Crippen LogP contribution in [0.25, 0.3) is 11.1 Å². The molecule has 3 nitrogen and oxygen atoms in total. The van der Waals surface area contributed by atoms with Crippen molar-refractivity contribution in [2.45, 2.75) is 25.7 Å². The Bertz CT molecular complexity index is 588. The van der Waals surface area contributed by atoms with Gasteiger partial charge in [0.05, 0.1) is 0 Å². The van der Waals surface area contributed by atoms with Crippen LogP contribution in [-0.2, 0) is 5.92 Å². The third-order valence-corrected chi connectivity index (χ3v) is 3.63. The van der Waals surface area contributed by atoms with E-state index < -0.39 is 5.92 Å². The zero-order chi connectivity index (χ0) is 13.5. The van der Waals surface area contributed by atoms with Crippen LogP contribution in [0.5, 0.6) is 0 Å². The number of hydrogen-bond donors (Lipinski definition) is 1. The predicted molar refractivity (Wildman–Crippen MR) is 68.2 cm³/mol. The van der Waals surface area contributed by atoms with Crippen molar-refractivity contribution >= 4 is 11.1 Å². The number of fused-ring (bicyclic) bond motifs is 1. The maximum Gasteiger partial charge on any atom is 0.273 e. The van der Waals surface area contributed by atoms with E-state index in [0.29, 0.717) is 23.5 Å². The van der Waals surface area contributed by atoms with Gasteiger partial charge < -0.3 is 9.73 Å². The number of benzene rings is 1. The zero-order valence-corrected chi connectivity index (χ0v) is 10.7. The van der Waals surface area contributed by atoms with Crippen molar-refractivity contribution in [2.75, 3.05) is 13.1 Å². The number of oxazole rings is 1. The van der Waals surface area contributed by atoms with E-state index in [4.69, 9.17) is 4.42 Å². The van der Waals surface area contributed by atoms with Gasteiger partial charge in [0.15, 0.2) is 11.5 Å². The van der Waals surface area contributed by atoms with E-state index in [1.807, 2.05) is 0 Å². The van der Waals surface area contributed by atoms with Crippen LogP contribution in [0.2, 0.25) is 0 Å². The molecule has 1 N–H and O–H groups in total. The van der Waals surface area contributed by atoms with Crippen molar-refractivity contribution < 1.29 is 13.2 Å². The lowest BCUT2D eigenvalue weighted by molar-refractivity contribution is -0.0267. The van der Waals surface area contributed by atoms with E-state index in [1.54, 1.807) is 13.0 Å². The number of nitrogens with one attached hydrogen (secondary N) is 1. The van der Waals surface area contributed by atoms with E-state index in [9.17, 15) is 8.78 Å². The molecule has 1 aliphatic rings. The molecule has 2 heterocycles. The molecule has 1 aromatic carbocycles. The van der Waals surface area contributed by atoms with Crippen LogP contribution < -0.4 is 5.32 Å². The highest BCUT2D eigenvalue weighted by Gasteiger charge is 2.36. The van der Waals surface area contributed by atoms with Gasteiger partial charge in [0.2, 0.25) is 0 Å². The average molecular weight is 266 g/mol. The van der Waals surface area contributed by atoms with Gasteiger partial charge in [-0.3, -0.25) is 0 Å². The van der Waals surface area contributed by atoms with E-state index in [2.05, 4.69) is 10.3 Å². The standard InChI is InChI=1S/C14H16F2N2O/c1-9-18-12-3-2-11(6-13(12)19-9)14(15,16)7-10-4-5-17-8-10/h2-3,6,10,17H,4-5,7-8H2,1H3. The minimum atomic E-state index is -2.81. The molecule has 1 aliphatic heterocycles. The van der Waals surface area contributed by atoms with Gasteiger partial charge in [0.25, 0.3) is 5.92 Å². The Kier molecular flexibility index (Phi) is 3.01. The lowest BCUT2D eigenvalue weighted by Gasteiger charge is -2.20. The summed E-state index contributed by atoms with van der Waals surface area (Å²) >= 11 is 0. The summed E-state index contributed by atoms with van der Waals surface area (Å²) in [6.07, 6.45) is 0.706. The lowest BCUT2D eigenvalue weighted by atomic mass is 9.95. The summed E-state index contributed by atoms with van der Waals surface area (Å²) in [5, 5.41) is 3.12. The Labute approximate surface area is 110 Å². The van der Waals surface area contributed by atoms with Gasteiger partial charge >= 0.3 is 0 Å². The molecule has 0 radical (unpaired) electrons. The monoisotopic (exact) mass is 266 g/mol. The minimum absolute atomic E-state index is 0.0167. The van der Waals surface area contributed by atoms with Gasteiger partial charge in [0.1, 0.15) is 5.52 Å². The van der Waals surface area contributed by atoms with Gasteiger partial charge in [-0.05, 0) is 37.6 Å². The van der Waals surface area contributed by atoms with Crippen molar-refractivity contribution in [3.05, 3.63) is 29.7 Å². The smallest absolute Gasteiger partial charge is 0.273 e. The van der Waals surface area contributed by atoms with Crippen molar-refractivity contribution in [1.29, 1.82) is 0 Å². The molecule has 0 amide bonds. The zero-order valence-electron chi connectivity index (χ0n) is 10.7. The number of nitrogens with zero attached hydrogens (tertiary/aromatic N) is 1. The summed E-state index contributed by atoms with van der Waals surface area (Å²) in [6, 6.07) is 4.46. The fourth-order valence-corrected chi connectivity index (χ4v) is 2.64. The van der Waals surface area contributed by atoms with Crippen molar-refractivity contribution in [2.24, 2.45) is 5.92 Å². The molecule has 2 aromatic rings. The molecule has 3 rings (SSSR count). The van der Waals surface area contributed by atoms with Crippen LogP contribution >= 0.6 is 0 Å². The van der Waals surface area contributed by atoms with Gasteiger partial charge in [-0.1, -0.05) is 6.07 Å². The normalized spacial score (nSPS) is 20.3. The maximum absolute atomic E-state index is 14.3. The number of aryl methyl sites for hydroxylation is 1. The number of halogens is 2. The van der Waals surface area contributed by atoms with Gasteiger partial charge in [0, 0.05) is 18.9 Å². The van der Waals surface area contributed by atoms with Crippen LogP contribution in [0.3, 0.4) is 0 Å². The summed E-state index contributed by atoms with van der Waals surface area (Å²) in [7, 11) is 0. The quantitative estimate of drug-likeness (QED) is 0.926. The molecule has 0 spiro atoms. The first-order chi connectivity index (χ1) is 9.04. The molecule has 19 heavy (non-hydrogen) atoms. The van der Waals surface area contributed by atoms with Gasteiger partial charge in [-0.2, -0.15) is 0 Å². The Morgan fingerprint density at radius 1 is 1.47 bits per heavy atom. The van der Waals surface area contributed by atoms with Crippen LogP contribution in [0.1, 0.15) is 24.3 Å². The third-order valence-electron chi connectivity index (χ3n) is 3.63. The second kappa shape index (κ2) is 4.56. The second-order valence-corrected chi connectivity index (χ2v) is 5.18. The Morgan fingerprint density at radius 2 is 2.32 bits per heavy atom. The molecule has 1 saturated heterocycles. The molecule has 0 saturated carbocycles. The number of aromatic nitrogens is 1. The second-order valence-electron chi connectivity index (χ2n) is 5.18. The average Bonchev–Trinajstić information content (AvgIpc) is 2.95. The van der Waals surface area contributed by atoms with Crippen LogP contribution in [-0.4, -0.2) is 18.1 Å². The summed E-state index contributed by atoms with van der Waals surface area (Å²) < 4.78 is 33.8. The molecule has 1 atom stereocenters. The molecular formula is C14H16F2N2O. The molecular weight excluding hydrogens is 250 g/mol. The summed E-state index contributed by atoms with van der Waals surface area (Å²) in [6.45, 7) is 3.22. The van der Waals surface area contributed by atoms with Crippen molar-refractivity contribution in [3.63, 3.8) is 0 Å². The molecule has 0 bridgehead atoms. The van der Waals surface area contributed by atoms with E-state index >= 15 is 0 Å². The maximum atomic E-state index is 14.3. The number of rotatable bonds is 3. The molecule has 0 aliphatic carbocycles. The predicted octanol–water partition coefficient (Wildman–Crippen LogP) is 3.23. The van der Waals surface area contributed by atoms with E-state index in [1.165, 1.54) is 12.1 Å². The van der Waals surface area contributed by atoms with E-state index in [0.717, 1.165) is 13.0 Å². The molecule has 1 fully saturated rings. The highest BCUT2D eigenvalue weighted by Crippen LogP contribution is 2.37. The minimum Gasteiger partial charge on any atom is -0.441 e. The first kappa shape index (κ1) is 12.5. The Balaban J connectivity index is 1.88. The van der Waals surface area contributed by atoms with Crippen LogP contribution in [0.15, 0.2) is 22.6 Å². The summed E-state index contributed by atoms with van der Waals surface area (Å²) in [5.41, 5.74) is 1.07. The fraction of sp³-hybridized carbons (Fsp3) is 0.500. The topological polar surface area (TPSA) is 38.1 Å². The van der Waals surface area contributed by atoms with Gasteiger partial charge in [-0.15, -0.1) is 0 Å². The number of hydrogen-bond acceptors (Lipinski definition) is 3. The Morgan fingerprint density at radius 3 is 3.05 bits per heavy atom. The molecule has 1 unspecified atom stereocenters. The lowest BCUT2D eigenvalue weighted by Crippen LogP contribution is -2.20. The summed E-state index contributed by atoms with van der Waals surface area (Å²) in [5.74, 6) is -2.27. The molecule has 102 valence electrons. The molecule has 5 heteroatoms. The van der Waals surface area contributed by atoms with Crippen molar-refractivity contribution in [1.82, 2.24) is 10.3 Å². The summed E-state index contributed by atoms with van der Waals surface area (Å²) in [4.78, 5) is 4.12.